The van der Waals surface area contributed by atoms with E-state index in [1.807, 2.05) is 7.11 Å². The van der Waals surface area contributed by atoms with Gasteiger partial charge in [0.2, 0.25) is 0 Å². The van der Waals surface area contributed by atoms with Crippen LogP contribution in [-0.2, 0) is 9.47 Å². The van der Waals surface area contributed by atoms with E-state index in [-0.39, 0.29) is 11.0 Å². The summed E-state index contributed by atoms with van der Waals surface area (Å²) >= 11 is 0. The van der Waals surface area contributed by atoms with Crippen molar-refractivity contribution in [2.45, 2.75) is 51.3 Å². The number of rotatable bonds is 3. The Morgan fingerprint density at radius 2 is 2.07 bits per heavy atom. The Morgan fingerprint density at radius 3 is 2.53 bits per heavy atom. The monoisotopic (exact) mass is 213 g/mol. The molecular weight excluding hydrogens is 190 g/mol. The molecule has 2 aliphatic rings. The van der Waals surface area contributed by atoms with Crippen LogP contribution in [0.2, 0.25) is 0 Å². The molecule has 1 saturated heterocycles. The molecule has 0 amide bonds. The van der Waals surface area contributed by atoms with Crippen molar-refractivity contribution in [1.82, 2.24) is 5.32 Å². The summed E-state index contributed by atoms with van der Waals surface area (Å²) in [4.78, 5) is 0. The highest BCUT2D eigenvalue weighted by molar-refractivity contribution is 5.12. The lowest BCUT2D eigenvalue weighted by Gasteiger charge is -2.59. The van der Waals surface area contributed by atoms with E-state index in [4.69, 9.17) is 9.47 Å². The average Bonchev–Trinajstić information content (AvgIpc) is 2.69. The molecule has 2 rings (SSSR count). The lowest BCUT2D eigenvalue weighted by molar-refractivity contribution is -0.182. The predicted octanol–water partition coefficient (Wildman–Crippen LogP) is 1.57. The Hall–Kier alpha value is -0.120. The molecule has 15 heavy (non-hydrogen) atoms. The zero-order valence-electron chi connectivity index (χ0n) is 10.3. The van der Waals surface area contributed by atoms with Crippen LogP contribution >= 0.6 is 0 Å². The highest BCUT2D eigenvalue weighted by Gasteiger charge is 2.57. The molecule has 1 saturated carbocycles. The number of hydrogen-bond donors (Lipinski definition) is 1. The molecule has 3 heteroatoms. The Balaban J connectivity index is 1.91. The van der Waals surface area contributed by atoms with E-state index in [9.17, 15) is 0 Å². The van der Waals surface area contributed by atoms with E-state index in [1.165, 1.54) is 0 Å². The Kier molecular flexibility index (Phi) is 2.82. The summed E-state index contributed by atoms with van der Waals surface area (Å²) < 4.78 is 11.0. The largest absolute Gasteiger partial charge is 0.380 e. The Bertz CT molecular complexity index is 236. The molecule has 0 radical (unpaired) electrons. The van der Waals surface area contributed by atoms with Crippen LogP contribution in [0.1, 0.15) is 33.6 Å². The molecule has 3 nitrogen and oxygen atoms in total. The number of nitrogens with one attached hydrogen (secondary N) is 1. The summed E-state index contributed by atoms with van der Waals surface area (Å²) in [6.45, 7) is 8.56. The summed E-state index contributed by atoms with van der Waals surface area (Å²) in [5.74, 6) is 0. The third-order valence-corrected chi connectivity index (χ3v) is 4.64. The fraction of sp³-hybridized carbons (Fsp3) is 1.00. The van der Waals surface area contributed by atoms with E-state index in [1.54, 1.807) is 0 Å². The number of methoxy groups -OCH3 is 1. The van der Waals surface area contributed by atoms with Crippen LogP contribution in [0.3, 0.4) is 0 Å². The summed E-state index contributed by atoms with van der Waals surface area (Å²) in [5, 5.41) is 3.69. The Labute approximate surface area is 92.5 Å². The SMILES string of the molecule is COC1(C)CC(NC2CCOC2)C1(C)C. The number of hydrogen-bond acceptors (Lipinski definition) is 3. The molecule has 1 N–H and O–H groups in total. The van der Waals surface area contributed by atoms with Gasteiger partial charge in [-0.05, 0) is 19.8 Å². The molecule has 1 aliphatic heterocycles. The van der Waals surface area contributed by atoms with Crippen LogP contribution in [-0.4, -0.2) is 38.0 Å². The molecule has 0 aromatic heterocycles. The fourth-order valence-corrected chi connectivity index (χ4v) is 2.71. The first-order valence-electron chi connectivity index (χ1n) is 5.88. The first-order valence-corrected chi connectivity index (χ1v) is 5.88. The van der Waals surface area contributed by atoms with Crippen molar-refractivity contribution in [3.8, 4) is 0 Å². The summed E-state index contributed by atoms with van der Waals surface area (Å²) in [6.07, 6.45) is 2.25. The van der Waals surface area contributed by atoms with Crippen LogP contribution < -0.4 is 5.32 Å². The second-order valence-electron chi connectivity index (χ2n) is 5.64. The lowest BCUT2D eigenvalue weighted by Crippen LogP contribution is -2.69. The predicted molar refractivity (Wildman–Crippen MR) is 60.0 cm³/mol. The molecule has 0 aromatic rings. The highest BCUT2D eigenvalue weighted by Crippen LogP contribution is 2.51. The minimum atomic E-state index is 0.0319. The summed E-state index contributed by atoms with van der Waals surface area (Å²) in [6, 6.07) is 1.12. The minimum absolute atomic E-state index is 0.0319. The van der Waals surface area contributed by atoms with Gasteiger partial charge in [-0.1, -0.05) is 13.8 Å². The van der Waals surface area contributed by atoms with Crippen LogP contribution in [0.15, 0.2) is 0 Å². The normalized spacial score (nSPS) is 44.0. The van der Waals surface area contributed by atoms with Gasteiger partial charge in [0.05, 0.1) is 12.2 Å². The highest BCUT2D eigenvalue weighted by atomic mass is 16.5. The standard InChI is InChI=1S/C12H23NO2/c1-11(2)10(7-12(11,3)14-4)13-9-5-6-15-8-9/h9-10,13H,5-8H2,1-4H3. The van der Waals surface area contributed by atoms with Gasteiger partial charge >= 0.3 is 0 Å². The van der Waals surface area contributed by atoms with Crippen molar-refractivity contribution in [3.63, 3.8) is 0 Å². The maximum Gasteiger partial charge on any atom is 0.0731 e. The molecule has 3 unspecified atom stereocenters. The van der Waals surface area contributed by atoms with Crippen molar-refractivity contribution in [2.24, 2.45) is 5.41 Å². The van der Waals surface area contributed by atoms with Gasteiger partial charge in [-0.15, -0.1) is 0 Å². The number of ether oxygens (including phenoxy) is 2. The van der Waals surface area contributed by atoms with Gasteiger partial charge in [-0.2, -0.15) is 0 Å². The van der Waals surface area contributed by atoms with Crippen LogP contribution in [0, 0.1) is 5.41 Å². The molecule has 0 spiro atoms. The van der Waals surface area contributed by atoms with E-state index in [0.717, 1.165) is 26.1 Å². The van der Waals surface area contributed by atoms with Crippen molar-refractivity contribution in [1.29, 1.82) is 0 Å². The average molecular weight is 213 g/mol. The maximum atomic E-state index is 5.61. The van der Waals surface area contributed by atoms with Gasteiger partial charge < -0.3 is 14.8 Å². The fourth-order valence-electron chi connectivity index (χ4n) is 2.71. The molecule has 2 fully saturated rings. The van der Waals surface area contributed by atoms with Gasteiger partial charge in [-0.3, -0.25) is 0 Å². The van der Waals surface area contributed by atoms with Crippen LogP contribution in [0.25, 0.3) is 0 Å². The summed E-state index contributed by atoms with van der Waals surface area (Å²) in [7, 11) is 1.82. The van der Waals surface area contributed by atoms with Gasteiger partial charge in [0.1, 0.15) is 0 Å². The maximum absolute atomic E-state index is 5.61. The third kappa shape index (κ3) is 1.71. The van der Waals surface area contributed by atoms with Crippen LogP contribution in [0.5, 0.6) is 0 Å². The van der Waals surface area contributed by atoms with E-state index in [2.05, 4.69) is 26.1 Å². The van der Waals surface area contributed by atoms with Gasteiger partial charge in [0.25, 0.3) is 0 Å². The molecular formula is C12H23NO2. The van der Waals surface area contributed by atoms with E-state index < -0.39 is 0 Å². The van der Waals surface area contributed by atoms with Gasteiger partial charge in [-0.25, -0.2) is 0 Å². The van der Waals surface area contributed by atoms with E-state index in [0.29, 0.717) is 12.1 Å². The van der Waals surface area contributed by atoms with E-state index >= 15 is 0 Å². The Morgan fingerprint density at radius 1 is 1.33 bits per heavy atom. The summed E-state index contributed by atoms with van der Waals surface area (Å²) in [5.41, 5.74) is 0.245. The molecule has 1 aliphatic carbocycles. The van der Waals surface area contributed by atoms with Crippen molar-refractivity contribution in [3.05, 3.63) is 0 Å². The molecule has 0 aromatic carbocycles. The second kappa shape index (κ2) is 3.72. The van der Waals surface area contributed by atoms with Gasteiger partial charge in [0, 0.05) is 31.2 Å². The second-order valence-corrected chi connectivity index (χ2v) is 5.64. The lowest BCUT2D eigenvalue weighted by atomic mass is 9.55. The molecule has 1 heterocycles. The first-order chi connectivity index (χ1) is 6.99. The first kappa shape index (κ1) is 11.4. The smallest absolute Gasteiger partial charge is 0.0731 e. The zero-order valence-corrected chi connectivity index (χ0v) is 10.3. The molecule has 88 valence electrons. The molecule has 3 atom stereocenters. The quantitative estimate of drug-likeness (QED) is 0.772. The van der Waals surface area contributed by atoms with Crippen LogP contribution in [0.4, 0.5) is 0 Å². The van der Waals surface area contributed by atoms with Crippen molar-refractivity contribution >= 4 is 0 Å². The minimum Gasteiger partial charge on any atom is -0.380 e. The zero-order chi connectivity index (χ0) is 11.1. The van der Waals surface area contributed by atoms with Crippen molar-refractivity contribution < 1.29 is 9.47 Å². The van der Waals surface area contributed by atoms with Crippen molar-refractivity contribution in [2.75, 3.05) is 20.3 Å². The molecule has 0 bridgehead atoms. The topological polar surface area (TPSA) is 30.5 Å². The third-order valence-electron chi connectivity index (χ3n) is 4.64. The van der Waals surface area contributed by atoms with Gasteiger partial charge in [0.15, 0.2) is 0 Å².